The average molecular weight is 464 g/mol. The van der Waals surface area contributed by atoms with Crippen LogP contribution < -0.4 is 5.73 Å². The number of rotatable bonds is 4. The van der Waals surface area contributed by atoms with Gasteiger partial charge in [-0.25, -0.2) is 13.2 Å². The van der Waals surface area contributed by atoms with Gasteiger partial charge >= 0.3 is 0 Å². The number of aromatic nitrogens is 1. The van der Waals surface area contributed by atoms with E-state index in [9.17, 15) is 18.0 Å². The van der Waals surface area contributed by atoms with Gasteiger partial charge in [-0.15, -0.1) is 0 Å². The second kappa shape index (κ2) is 7.98. The number of primary amides is 1. The Labute approximate surface area is 191 Å². The second-order valence-corrected chi connectivity index (χ2v) is 8.09. The molecule has 0 bridgehead atoms. The van der Waals surface area contributed by atoms with Crippen molar-refractivity contribution in [1.82, 2.24) is 4.57 Å². The maximum absolute atomic E-state index is 14.5. The summed E-state index contributed by atoms with van der Waals surface area (Å²) in [5.41, 5.74) is 8.37. The molecule has 0 saturated heterocycles. The molecule has 0 fully saturated rings. The summed E-state index contributed by atoms with van der Waals surface area (Å²) < 4.78 is 44.1. The van der Waals surface area contributed by atoms with Gasteiger partial charge in [0.05, 0.1) is 17.6 Å². The monoisotopic (exact) mass is 463 g/mol. The zero-order chi connectivity index (χ0) is 23.3. The molecule has 0 atom stereocenters. The number of nitrogens with two attached hydrogens (primary N) is 1. The van der Waals surface area contributed by atoms with Gasteiger partial charge in [-0.3, -0.25) is 4.79 Å². The van der Waals surface area contributed by atoms with Gasteiger partial charge in [0.1, 0.15) is 17.5 Å². The van der Waals surface area contributed by atoms with Crippen LogP contribution in [0.5, 0.6) is 0 Å². The van der Waals surface area contributed by atoms with Crippen LogP contribution in [0.15, 0.2) is 66.7 Å². The van der Waals surface area contributed by atoms with E-state index in [-0.39, 0.29) is 17.7 Å². The second-order valence-electron chi connectivity index (χ2n) is 7.65. The zero-order valence-electron chi connectivity index (χ0n) is 17.0. The van der Waals surface area contributed by atoms with Gasteiger partial charge in [0.15, 0.2) is 0 Å². The third kappa shape index (κ3) is 3.62. The molecule has 0 unspecified atom stereocenters. The number of halogens is 4. The lowest BCUT2D eigenvalue weighted by Gasteiger charge is -2.11. The van der Waals surface area contributed by atoms with E-state index in [2.05, 4.69) is 6.07 Å². The fourth-order valence-electron chi connectivity index (χ4n) is 4.12. The molecule has 5 aromatic rings. The molecule has 1 amide bonds. The minimum Gasteiger partial charge on any atom is -0.366 e. The number of benzene rings is 4. The number of hydrogen-bond acceptors (Lipinski definition) is 1. The van der Waals surface area contributed by atoms with Gasteiger partial charge in [0.2, 0.25) is 5.91 Å². The largest absolute Gasteiger partial charge is 0.366 e. The molecule has 0 spiro atoms. The van der Waals surface area contributed by atoms with Crippen molar-refractivity contribution in [3.05, 3.63) is 106 Å². The summed E-state index contributed by atoms with van der Waals surface area (Å²) in [6, 6.07) is 20.3. The van der Waals surface area contributed by atoms with Crippen molar-refractivity contribution in [1.29, 1.82) is 0 Å². The van der Waals surface area contributed by atoms with Gasteiger partial charge in [-0.05, 0) is 53.6 Å². The molecule has 1 aromatic heterocycles. The van der Waals surface area contributed by atoms with Crippen LogP contribution in [0.2, 0.25) is 5.02 Å². The highest BCUT2D eigenvalue weighted by Gasteiger charge is 2.20. The normalized spacial score (nSPS) is 11.4. The van der Waals surface area contributed by atoms with E-state index in [1.54, 1.807) is 41.0 Å². The Balaban J connectivity index is 1.81. The lowest BCUT2D eigenvalue weighted by Crippen LogP contribution is -2.11. The number of amides is 1. The Morgan fingerprint density at radius 3 is 2.30 bits per heavy atom. The molecule has 0 saturated carbocycles. The van der Waals surface area contributed by atoms with Crippen molar-refractivity contribution in [3.63, 3.8) is 0 Å². The van der Waals surface area contributed by atoms with Crippen molar-refractivity contribution >= 4 is 39.3 Å². The summed E-state index contributed by atoms with van der Waals surface area (Å²) in [7, 11) is 0. The van der Waals surface area contributed by atoms with Crippen LogP contribution in [0.3, 0.4) is 0 Å². The van der Waals surface area contributed by atoms with Crippen LogP contribution in [0.1, 0.15) is 15.9 Å². The SMILES string of the molecule is NC(=O)c1cccc2c1c1[c]cc(-c3ccc(Cl)cc3)cc1n2Cc1c(F)cc(F)cc1F. The highest BCUT2D eigenvalue weighted by molar-refractivity contribution is 6.30. The van der Waals surface area contributed by atoms with E-state index in [0.717, 1.165) is 11.1 Å². The smallest absolute Gasteiger partial charge is 0.249 e. The molecule has 163 valence electrons. The Kier molecular flexibility index (Phi) is 5.10. The van der Waals surface area contributed by atoms with Gasteiger partial charge < -0.3 is 10.3 Å². The van der Waals surface area contributed by atoms with Crippen LogP contribution in [0, 0.1) is 23.5 Å². The molecule has 0 aliphatic heterocycles. The van der Waals surface area contributed by atoms with Crippen molar-refractivity contribution in [2.45, 2.75) is 6.54 Å². The Bertz CT molecular complexity index is 1540. The highest BCUT2D eigenvalue weighted by Crippen LogP contribution is 2.35. The molecule has 2 N–H and O–H groups in total. The predicted molar refractivity (Wildman–Crippen MR) is 123 cm³/mol. The van der Waals surface area contributed by atoms with Crippen LogP contribution in [-0.4, -0.2) is 10.5 Å². The topological polar surface area (TPSA) is 48.0 Å². The lowest BCUT2D eigenvalue weighted by atomic mass is 10.0. The first-order valence-corrected chi connectivity index (χ1v) is 10.4. The first-order chi connectivity index (χ1) is 15.8. The molecule has 1 radical (unpaired) electrons. The van der Waals surface area contributed by atoms with Gasteiger partial charge in [-0.2, -0.15) is 0 Å². The minimum absolute atomic E-state index is 0.224. The summed E-state index contributed by atoms with van der Waals surface area (Å²) >= 11 is 6.00. The summed E-state index contributed by atoms with van der Waals surface area (Å²) in [4.78, 5) is 12.1. The third-order valence-corrected chi connectivity index (χ3v) is 5.91. The van der Waals surface area contributed by atoms with E-state index in [1.807, 2.05) is 18.2 Å². The van der Waals surface area contributed by atoms with E-state index in [4.69, 9.17) is 17.3 Å². The number of nitrogens with zero attached hydrogens (tertiary/aromatic N) is 1. The maximum Gasteiger partial charge on any atom is 0.249 e. The minimum atomic E-state index is -0.995. The standard InChI is InChI=1S/C26H15ClF3N2O/c27-16-7-4-14(5-8-16)15-6-9-18-24(10-15)32(13-20-21(29)11-17(28)12-22(20)30)23-3-1-2-19(25(18)23)26(31)33/h1-8,10-12H,13H2,(H2,31,33). The Morgan fingerprint density at radius 2 is 1.64 bits per heavy atom. The van der Waals surface area contributed by atoms with Crippen LogP contribution in [-0.2, 0) is 6.54 Å². The van der Waals surface area contributed by atoms with Gasteiger partial charge in [-0.1, -0.05) is 29.8 Å². The van der Waals surface area contributed by atoms with Crippen molar-refractivity contribution in [2.75, 3.05) is 0 Å². The molecule has 33 heavy (non-hydrogen) atoms. The van der Waals surface area contributed by atoms with E-state index >= 15 is 0 Å². The molecule has 1 heterocycles. The molecular weight excluding hydrogens is 449 g/mol. The zero-order valence-corrected chi connectivity index (χ0v) is 17.8. The number of carbonyl (C=O) groups excluding carboxylic acids is 1. The van der Waals surface area contributed by atoms with Crippen LogP contribution in [0.4, 0.5) is 13.2 Å². The van der Waals surface area contributed by atoms with Crippen molar-refractivity contribution < 1.29 is 18.0 Å². The maximum atomic E-state index is 14.5. The van der Waals surface area contributed by atoms with E-state index in [0.29, 0.717) is 39.0 Å². The van der Waals surface area contributed by atoms with Crippen LogP contribution >= 0.6 is 11.6 Å². The fraction of sp³-hybridized carbons (Fsp3) is 0.0385. The highest BCUT2D eigenvalue weighted by atomic mass is 35.5. The summed E-state index contributed by atoms with van der Waals surface area (Å²) in [5.74, 6) is -3.61. The van der Waals surface area contributed by atoms with Crippen molar-refractivity contribution in [2.24, 2.45) is 5.73 Å². The summed E-state index contributed by atoms with van der Waals surface area (Å²) in [6.45, 7) is -0.224. The Hall–Kier alpha value is -3.77. The third-order valence-electron chi connectivity index (χ3n) is 5.66. The molecule has 5 rings (SSSR count). The number of carbonyl (C=O) groups is 1. The quantitative estimate of drug-likeness (QED) is 0.326. The Morgan fingerprint density at radius 1 is 0.939 bits per heavy atom. The van der Waals surface area contributed by atoms with E-state index < -0.39 is 23.4 Å². The van der Waals surface area contributed by atoms with E-state index in [1.165, 1.54) is 0 Å². The average Bonchev–Trinajstić information content (AvgIpc) is 3.09. The molecule has 0 aliphatic carbocycles. The van der Waals surface area contributed by atoms with Crippen LogP contribution in [0.25, 0.3) is 32.9 Å². The molecule has 7 heteroatoms. The lowest BCUT2D eigenvalue weighted by molar-refractivity contribution is 0.100. The molecule has 4 aromatic carbocycles. The first kappa shape index (κ1) is 21.1. The van der Waals surface area contributed by atoms with Gasteiger partial charge in [0.25, 0.3) is 0 Å². The number of fused-ring (bicyclic) bond motifs is 3. The van der Waals surface area contributed by atoms with Gasteiger partial charge in [0, 0.05) is 39.1 Å². The summed E-state index contributed by atoms with van der Waals surface area (Å²) in [5, 5.41) is 1.71. The molecule has 3 nitrogen and oxygen atoms in total. The fourth-order valence-corrected chi connectivity index (χ4v) is 4.25. The molecular formula is C26H15ClF3N2O. The predicted octanol–water partition coefficient (Wildman–Crippen LogP) is 6.48. The summed E-state index contributed by atoms with van der Waals surface area (Å²) in [6.07, 6.45) is 0. The molecule has 0 aliphatic rings. The first-order valence-electron chi connectivity index (χ1n) is 9.99. The number of hydrogen-bond donors (Lipinski definition) is 1. The van der Waals surface area contributed by atoms with Crippen molar-refractivity contribution in [3.8, 4) is 11.1 Å².